The number of aliphatic hydroxyl groups is 1. The Bertz CT molecular complexity index is 1280. The number of carbonyl (C=O) groups excluding carboxylic acids is 1. The molecule has 0 bridgehead atoms. The molecule has 1 aliphatic heterocycles. The van der Waals surface area contributed by atoms with E-state index in [1.54, 1.807) is 31.5 Å². The summed E-state index contributed by atoms with van der Waals surface area (Å²) < 4.78 is 4.80. The minimum Gasteiger partial charge on any atom is -0.513 e. The van der Waals surface area contributed by atoms with Crippen LogP contribution in [0.1, 0.15) is 62.5 Å². The first-order valence-electron chi connectivity index (χ1n) is 15.3. The molecular weight excluding hydrogens is 552 g/mol. The largest absolute Gasteiger partial charge is 0.513 e. The Morgan fingerprint density at radius 3 is 2.30 bits per heavy atom. The molecule has 1 amide bonds. The first-order valence-corrected chi connectivity index (χ1v) is 15.3. The summed E-state index contributed by atoms with van der Waals surface area (Å²) in [4.78, 5) is 23.4. The van der Waals surface area contributed by atoms with Crippen LogP contribution in [0, 0.1) is 5.92 Å². The van der Waals surface area contributed by atoms with Crippen LogP contribution < -0.4 is 21.1 Å². The number of rotatable bonds is 12. The molecule has 1 fully saturated rings. The Labute approximate surface area is 263 Å². The third kappa shape index (κ3) is 12.9. The predicted molar refractivity (Wildman–Crippen MR) is 181 cm³/mol. The van der Waals surface area contributed by atoms with Crippen LogP contribution in [0.3, 0.4) is 0 Å². The van der Waals surface area contributed by atoms with Gasteiger partial charge in [-0.3, -0.25) is 14.7 Å². The topological polar surface area (TPSA) is 126 Å². The lowest BCUT2D eigenvalue weighted by Gasteiger charge is -2.32. The van der Waals surface area contributed by atoms with Gasteiger partial charge in [-0.25, -0.2) is 4.98 Å². The maximum absolute atomic E-state index is 12.8. The zero-order valence-electron chi connectivity index (χ0n) is 26.8. The SMILES string of the molecule is C=C(C)CCC(CNc1ccc(C(=O)NC2CCN(Cc3ccccn3)CC2)cc1N)C(=C)O.CC.COc1ccccn1. The summed E-state index contributed by atoms with van der Waals surface area (Å²) in [5.41, 5.74) is 10.1. The Hall–Kier alpha value is -4.37. The first-order chi connectivity index (χ1) is 21.2. The Kier molecular flexibility index (Phi) is 16.1. The van der Waals surface area contributed by atoms with Crippen LogP contribution >= 0.6 is 0 Å². The molecule has 4 rings (SSSR count). The Balaban J connectivity index is 0.000000577. The van der Waals surface area contributed by atoms with Crippen molar-refractivity contribution in [3.63, 3.8) is 0 Å². The van der Waals surface area contributed by atoms with Crippen molar-refractivity contribution >= 4 is 17.3 Å². The molecule has 2 aromatic heterocycles. The number of aliphatic hydroxyl groups excluding tert-OH is 1. The van der Waals surface area contributed by atoms with Crippen molar-refractivity contribution in [3.05, 3.63) is 103 Å². The fraction of sp³-hybridized carbons (Fsp3) is 0.400. The molecule has 1 aromatic carbocycles. The predicted octanol–water partition coefficient (Wildman–Crippen LogP) is 6.63. The molecule has 1 unspecified atom stereocenters. The molecule has 0 spiro atoms. The lowest BCUT2D eigenvalue weighted by molar-refractivity contribution is 0.0908. The fourth-order valence-electron chi connectivity index (χ4n) is 4.60. The number of carbonyl (C=O) groups is 1. The van der Waals surface area contributed by atoms with Gasteiger partial charge in [0.05, 0.1) is 29.9 Å². The monoisotopic (exact) mass is 602 g/mol. The van der Waals surface area contributed by atoms with Crippen molar-refractivity contribution < 1.29 is 14.6 Å². The number of methoxy groups -OCH3 is 1. The van der Waals surface area contributed by atoms with E-state index < -0.39 is 0 Å². The summed E-state index contributed by atoms with van der Waals surface area (Å²) in [6.45, 7) is 16.8. The van der Waals surface area contributed by atoms with Gasteiger partial charge in [0, 0.05) is 62.2 Å². The number of pyridine rings is 2. The number of hydrogen-bond donors (Lipinski definition) is 4. The molecule has 0 radical (unpaired) electrons. The smallest absolute Gasteiger partial charge is 0.251 e. The van der Waals surface area contributed by atoms with Crippen molar-refractivity contribution in [2.75, 3.05) is 37.8 Å². The highest BCUT2D eigenvalue weighted by Gasteiger charge is 2.22. The van der Waals surface area contributed by atoms with Gasteiger partial charge in [0.2, 0.25) is 5.88 Å². The maximum atomic E-state index is 12.8. The van der Waals surface area contributed by atoms with Crippen LogP contribution in [0.4, 0.5) is 11.4 Å². The molecule has 3 heterocycles. The van der Waals surface area contributed by atoms with Gasteiger partial charge in [-0.2, -0.15) is 0 Å². The van der Waals surface area contributed by atoms with Crippen molar-refractivity contribution in [2.45, 2.75) is 59.0 Å². The summed E-state index contributed by atoms with van der Waals surface area (Å²) in [5, 5.41) is 16.3. The molecule has 9 nitrogen and oxygen atoms in total. The van der Waals surface area contributed by atoms with Gasteiger partial charge in [0.15, 0.2) is 0 Å². The summed E-state index contributed by atoms with van der Waals surface area (Å²) in [6.07, 6.45) is 6.91. The first kappa shape index (κ1) is 35.8. The van der Waals surface area contributed by atoms with Crippen LogP contribution in [0.5, 0.6) is 5.88 Å². The second kappa shape index (κ2) is 19.7. The molecule has 0 saturated carbocycles. The third-order valence-corrected chi connectivity index (χ3v) is 7.12. The highest BCUT2D eigenvalue weighted by Crippen LogP contribution is 2.23. The molecule has 1 aliphatic rings. The van der Waals surface area contributed by atoms with Gasteiger partial charge in [-0.05, 0) is 69.0 Å². The molecule has 0 aliphatic carbocycles. The molecule has 9 heteroatoms. The van der Waals surface area contributed by atoms with Gasteiger partial charge in [0.1, 0.15) is 0 Å². The van der Waals surface area contributed by atoms with Crippen LogP contribution in [0.2, 0.25) is 0 Å². The van der Waals surface area contributed by atoms with Crippen LogP contribution in [-0.4, -0.2) is 58.7 Å². The van der Waals surface area contributed by atoms with Gasteiger partial charge in [0.25, 0.3) is 5.91 Å². The second-order valence-electron chi connectivity index (χ2n) is 10.6. The third-order valence-electron chi connectivity index (χ3n) is 7.12. The van der Waals surface area contributed by atoms with Crippen molar-refractivity contribution in [2.24, 2.45) is 5.92 Å². The fourth-order valence-corrected chi connectivity index (χ4v) is 4.60. The summed E-state index contributed by atoms with van der Waals surface area (Å²) in [7, 11) is 1.60. The number of nitrogens with one attached hydrogen (secondary N) is 2. The molecule has 44 heavy (non-hydrogen) atoms. The van der Waals surface area contributed by atoms with E-state index in [9.17, 15) is 9.90 Å². The van der Waals surface area contributed by atoms with E-state index in [-0.39, 0.29) is 23.6 Å². The number of allylic oxidation sites excluding steroid dienone is 1. The number of benzene rings is 1. The van der Waals surface area contributed by atoms with Gasteiger partial charge in [-0.15, -0.1) is 6.58 Å². The number of hydrogen-bond acceptors (Lipinski definition) is 8. The zero-order valence-corrected chi connectivity index (χ0v) is 26.8. The van der Waals surface area contributed by atoms with Gasteiger partial charge >= 0.3 is 0 Å². The van der Waals surface area contributed by atoms with Gasteiger partial charge in [-0.1, -0.05) is 38.1 Å². The number of piperidine rings is 1. The lowest BCUT2D eigenvalue weighted by Crippen LogP contribution is -2.44. The van der Waals surface area contributed by atoms with E-state index in [1.165, 1.54) is 0 Å². The van der Waals surface area contributed by atoms with Crippen LogP contribution in [0.15, 0.2) is 91.5 Å². The normalized spacial score (nSPS) is 13.6. The van der Waals surface area contributed by atoms with Gasteiger partial charge < -0.3 is 26.2 Å². The highest BCUT2D eigenvalue weighted by molar-refractivity contribution is 5.96. The summed E-state index contributed by atoms with van der Waals surface area (Å²) in [6, 6.07) is 17.0. The van der Waals surface area contributed by atoms with Crippen molar-refractivity contribution in [1.29, 1.82) is 0 Å². The average Bonchev–Trinajstić information content (AvgIpc) is 3.04. The molecule has 1 atom stereocenters. The van der Waals surface area contributed by atoms with E-state index in [0.717, 1.165) is 62.3 Å². The van der Waals surface area contributed by atoms with Crippen LogP contribution in [0.25, 0.3) is 0 Å². The van der Waals surface area contributed by atoms with E-state index in [0.29, 0.717) is 23.7 Å². The van der Waals surface area contributed by atoms with E-state index in [1.807, 2.05) is 63.4 Å². The zero-order chi connectivity index (χ0) is 32.3. The van der Waals surface area contributed by atoms with E-state index in [4.69, 9.17) is 10.5 Å². The number of nitrogen functional groups attached to an aromatic ring is 1. The Morgan fingerprint density at radius 1 is 1.09 bits per heavy atom. The highest BCUT2D eigenvalue weighted by atomic mass is 16.5. The number of likely N-dealkylation sites (tertiary alicyclic amines) is 1. The molecule has 238 valence electrons. The quantitative estimate of drug-likeness (QED) is 0.103. The number of nitrogens with zero attached hydrogens (tertiary/aromatic N) is 3. The molecule has 3 aromatic rings. The maximum Gasteiger partial charge on any atom is 0.251 e. The minimum atomic E-state index is -0.107. The molecule has 1 saturated heterocycles. The number of anilines is 2. The van der Waals surface area contributed by atoms with Crippen LogP contribution in [-0.2, 0) is 6.54 Å². The van der Waals surface area contributed by atoms with E-state index in [2.05, 4.69) is 38.7 Å². The Morgan fingerprint density at radius 2 is 1.77 bits per heavy atom. The standard InChI is InChI=1S/C27H37N5O2.C6H7NO.C2H6/c1-19(2)7-8-22(20(3)33)17-30-26-10-9-21(16-25(26)28)27(34)31-23-11-14-32(15-12-23)18-24-6-4-5-13-29-24;1-8-6-4-2-3-5-7-6;1-2/h4-6,9-10,13,16,22-23,30,33H,1,3,7-8,11-12,14-15,17-18,28H2,2H3,(H,31,34);2-5H,1H3;1-2H3. The number of nitrogens with two attached hydrogens (primary N) is 1. The second-order valence-corrected chi connectivity index (χ2v) is 10.6. The number of aromatic nitrogens is 2. The minimum absolute atomic E-state index is 0.0948. The van der Waals surface area contributed by atoms with E-state index >= 15 is 0 Å². The van der Waals surface area contributed by atoms with Crippen molar-refractivity contribution in [3.8, 4) is 5.88 Å². The summed E-state index contributed by atoms with van der Waals surface area (Å²) >= 11 is 0. The number of ether oxygens (including phenoxy) is 1. The molecule has 5 N–H and O–H groups in total. The lowest BCUT2D eigenvalue weighted by atomic mass is 9.99. The molecular formula is C35H50N6O3. The van der Waals surface area contributed by atoms with Crippen molar-refractivity contribution in [1.82, 2.24) is 20.2 Å². The number of amides is 1. The average molecular weight is 603 g/mol. The summed E-state index contributed by atoms with van der Waals surface area (Å²) in [5.74, 6) is 0.606.